The van der Waals surface area contributed by atoms with E-state index in [9.17, 15) is 0 Å². The molecule has 4 heteroatoms. The zero-order chi connectivity index (χ0) is 16.1. The smallest absolute Gasteiger partial charge is 0.193 e. The van der Waals surface area contributed by atoms with Crippen LogP contribution in [-0.2, 0) is 12.8 Å². The van der Waals surface area contributed by atoms with Crippen LogP contribution in [0.3, 0.4) is 0 Å². The summed E-state index contributed by atoms with van der Waals surface area (Å²) in [5.74, 6) is 0.449. The average molecular weight is 306 g/mol. The van der Waals surface area contributed by atoms with E-state index in [2.05, 4.69) is 52.5 Å². The van der Waals surface area contributed by atoms with Crippen molar-refractivity contribution in [2.75, 3.05) is 11.9 Å². The van der Waals surface area contributed by atoms with Gasteiger partial charge in [0.05, 0.1) is 0 Å². The Morgan fingerprint density at radius 1 is 1.13 bits per heavy atom. The number of benzene rings is 2. The summed E-state index contributed by atoms with van der Waals surface area (Å²) in [6.45, 7) is 2.79. The Morgan fingerprint density at radius 2 is 1.91 bits per heavy atom. The van der Waals surface area contributed by atoms with Crippen molar-refractivity contribution < 1.29 is 0 Å². The minimum Gasteiger partial charge on any atom is -0.370 e. The maximum atomic E-state index is 5.94. The van der Waals surface area contributed by atoms with E-state index in [1.165, 1.54) is 16.6 Å². The van der Waals surface area contributed by atoms with Crippen molar-refractivity contribution in [2.24, 2.45) is 10.7 Å². The lowest BCUT2D eigenvalue weighted by atomic mass is 10.1. The zero-order valence-electron chi connectivity index (χ0n) is 13.3. The highest BCUT2D eigenvalue weighted by Crippen LogP contribution is 2.15. The molecule has 3 rings (SSSR count). The van der Waals surface area contributed by atoms with E-state index in [4.69, 9.17) is 5.73 Å². The van der Waals surface area contributed by atoms with Crippen LogP contribution in [0, 0.1) is 0 Å². The van der Waals surface area contributed by atoms with Crippen LogP contribution in [0.1, 0.15) is 18.2 Å². The first kappa shape index (κ1) is 15.2. The molecule has 0 aliphatic carbocycles. The highest BCUT2D eigenvalue weighted by atomic mass is 15.1. The van der Waals surface area contributed by atoms with Gasteiger partial charge in [-0.2, -0.15) is 0 Å². The van der Waals surface area contributed by atoms with Gasteiger partial charge in [-0.05, 0) is 41.6 Å². The predicted molar refractivity (Wildman–Crippen MR) is 97.9 cm³/mol. The molecule has 118 valence electrons. The average Bonchev–Trinajstić information content (AvgIpc) is 2.98. The van der Waals surface area contributed by atoms with Crippen LogP contribution in [0.2, 0.25) is 0 Å². The topological polar surface area (TPSA) is 66.2 Å². The minimum atomic E-state index is 0.449. The largest absolute Gasteiger partial charge is 0.370 e. The number of H-pyrrole nitrogens is 1. The number of aryl methyl sites for hydroxylation is 1. The molecular formula is C19H22N4. The van der Waals surface area contributed by atoms with E-state index in [1.807, 2.05) is 24.3 Å². The van der Waals surface area contributed by atoms with E-state index in [0.717, 1.165) is 24.0 Å². The summed E-state index contributed by atoms with van der Waals surface area (Å²) in [6.07, 6.45) is 1.88. The number of aromatic nitrogens is 1. The van der Waals surface area contributed by atoms with E-state index in [1.54, 1.807) is 0 Å². The second kappa shape index (κ2) is 7.01. The number of hydrogen-bond acceptors (Lipinski definition) is 1. The summed E-state index contributed by atoms with van der Waals surface area (Å²) in [5.41, 5.74) is 10.6. The Morgan fingerprint density at radius 3 is 2.65 bits per heavy atom. The molecular weight excluding hydrogens is 284 g/mol. The van der Waals surface area contributed by atoms with E-state index in [0.29, 0.717) is 12.5 Å². The molecule has 0 aliphatic heterocycles. The lowest BCUT2D eigenvalue weighted by Crippen LogP contribution is -2.23. The Hall–Kier alpha value is -2.75. The quantitative estimate of drug-likeness (QED) is 0.497. The van der Waals surface area contributed by atoms with Crippen LogP contribution in [0.4, 0.5) is 5.69 Å². The monoisotopic (exact) mass is 306 g/mol. The second-order valence-corrected chi connectivity index (χ2v) is 5.57. The van der Waals surface area contributed by atoms with Crippen LogP contribution in [-0.4, -0.2) is 17.5 Å². The van der Waals surface area contributed by atoms with Gasteiger partial charge in [-0.15, -0.1) is 0 Å². The van der Waals surface area contributed by atoms with Gasteiger partial charge in [-0.1, -0.05) is 37.3 Å². The maximum Gasteiger partial charge on any atom is 0.193 e. The van der Waals surface area contributed by atoms with Gasteiger partial charge in [0.15, 0.2) is 5.96 Å². The summed E-state index contributed by atoms with van der Waals surface area (Å²) in [4.78, 5) is 7.79. The van der Waals surface area contributed by atoms with Crippen molar-refractivity contribution in [1.82, 2.24) is 4.98 Å². The molecule has 4 nitrogen and oxygen atoms in total. The van der Waals surface area contributed by atoms with Gasteiger partial charge >= 0.3 is 0 Å². The van der Waals surface area contributed by atoms with Crippen LogP contribution in [0.25, 0.3) is 10.9 Å². The molecule has 0 spiro atoms. The second-order valence-electron chi connectivity index (χ2n) is 5.57. The molecule has 3 aromatic rings. The Labute approximate surface area is 136 Å². The van der Waals surface area contributed by atoms with Gasteiger partial charge in [0.25, 0.3) is 0 Å². The van der Waals surface area contributed by atoms with Crippen molar-refractivity contribution in [3.63, 3.8) is 0 Å². The molecule has 1 heterocycles. The van der Waals surface area contributed by atoms with Gasteiger partial charge in [-0.3, -0.25) is 4.99 Å². The molecule has 0 unspecified atom stereocenters. The van der Waals surface area contributed by atoms with Crippen molar-refractivity contribution in [1.29, 1.82) is 0 Å². The molecule has 1 aromatic heterocycles. The number of guanidine groups is 1. The summed E-state index contributed by atoms with van der Waals surface area (Å²) < 4.78 is 0. The van der Waals surface area contributed by atoms with Crippen molar-refractivity contribution in [2.45, 2.75) is 19.8 Å². The summed E-state index contributed by atoms with van der Waals surface area (Å²) in [6, 6.07) is 18.7. The molecule has 0 saturated heterocycles. The van der Waals surface area contributed by atoms with E-state index < -0.39 is 0 Å². The zero-order valence-corrected chi connectivity index (χ0v) is 13.3. The molecule has 0 atom stereocenters. The molecule has 23 heavy (non-hydrogen) atoms. The van der Waals surface area contributed by atoms with Gasteiger partial charge in [-0.25, -0.2) is 0 Å². The normalized spacial score (nSPS) is 11.8. The van der Waals surface area contributed by atoms with Crippen molar-refractivity contribution >= 4 is 22.5 Å². The number of nitrogens with zero attached hydrogens (tertiary/aromatic N) is 1. The lowest BCUT2D eigenvalue weighted by Gasteiger charge is -2.06. The first-order chi connectivity index (χ1) is 11.2. The molecule has 0 fully saturated rings. The SMILES string of the molecule is CCc1ccc(NC(N)=NCCc2cc3ccccc3[nH]2)cc1. The number of aromatic amines is 1. The van der Waals surface area contributed by atoms with Gasteiger partial charge in [0, 0.05) is 29.9 Å². The van der Waals surface area contributed by atoms with Gasteiger partial charge in [0.1, 0.15) is 0 Å². The Bertz CT molecular complexity index is 767. The van der Waals surface area contributed by atoms with Gasteiger partial charge in [0.2, 0.25) is 0 Å². The minimum absolute atomic E-state index is 0.449. The third-order valence-electron chi connectivity index (χ3n) is 3.88. The molecule has 2 aromatic carbocycles. The first-order valence-corrected chi connectivity index (χ1v) is 7.97. The van der Waals surface area contributed by atoms with Crippen LogP contribution in [0.15, 0.2) is 59.6 Å². The van der Waals surface area contributed by atoms with Crippen molar-refractivity contribution in [3.8, 4) is 0 Å². The Kier molecular flexibility index (Phi) is 4.62. The fourth-order valence-electron chi connectivity index (χ4n) is 2.58. The molecule has 0 amide bonds. The third kappa shape index (κ3) is 3.92. The fraction of sp³-hybridized carbons (Fsp3) is 0.211. The maximum absolute atomic E-state index is 5.94. The third-order valence-corrected chi connectivity index (χ3v) is 3.88. The van der Waals surface area contributed by atoms with Crippen LogP contribution < -0.4 is 11.1 Å². The number of fused-ring (bicyclic) bond motifs is 1. The number of nitrogens with two attached hydrogens (primary N) is 1. The fourth-order valence-corrected chi connectivity index (χ4v) is 2.58. The molecule has 0 radical (unpaired) electrons. The highest BCUT2D eigenvalue weighted by molar-refractivity contribution is 5.92. The number of para-hydroxylation sites is 1. The number of rotatable bonds is 5. The molecule has 4 N–H and O–H groups in total. The van der Waals surface area contributed by atoms with Gasteiger partial charge < -0.3 is 16.0 Å². The highest BCUT2D eigenvalue weighted by Gasteiger charge is 2.00. The molecule has 0 aliphatic rings. The summed E-state index contributed by atoms with van der Waals surface area (Å²) >= 11 is 0. The van der Waals surface area contributed by atoms with Crippen LogP contribution >= 0.6 is 0 Å². The van der Waals surface area contributed by atoms with Crippen LogP contribution in [0.5, 0.6) is 0 Å². The van der Waals surface area contributed by atoms with E-state index in [-0.39, 0.29) is 0 Å². The molecule has 0 bridgehead atoms. The van der Waals surface area contributed by atoms with Crippen molar-refractivity contribution in [3.05, 3.63) is 65.9 Å². The number of hydrogen-bond donors (Lipinski definition) is 3. The number of aliphatic imine (C=N–C) groups is 1. The van der Waals surface area contributed by atoms with E-state index >= 15 is 0 Å². The summed E-state index contributed by atoms with van der Waals surface area (Å²) in [5, 5.41) is 4.35. The number of anilines is 1. The summed E-state index contributed by atoms with van der Waals surface area (Å²) in [7, 11) is 0. The predicted octanol–water partition coefficient (Wildman–Crippen LogP) is 3.70. The number of nitrogens with one attached hydrogen (secondary N) is 2. The standard InChI is InChI=1S/C19H22N4/c1-2-14-7-9-16(10-8-14)23-19(20)21-12-11-17-13-15-5-3-4-6-18(15)22-17/h3-10,13,22H,2,11-12H2,1H3,(H3,20,21,23). The Balaban J connectivity index is 1.56. The molecule has 0 saturated carbocycles. The first-order valence-electron chi connectivity index (χ1n) is 7.97. The lowest BCUT2D eigenvalue weighted by molar-refractivity contribution is 0.937.